The number of aromatic nitrogens is 1. The van der Waals surface area contributed by atoms with Crippen LogP contribution in [-0.2, 0) is 6.42 Å². The van der Waals surface area contributed by atoms with E-state index in [1.165, 1.54) is 12.1 Å². The molecule has 0 fully saturated rings. The van der Waals surface area contributed by atoms with Crippen LogP contribution in [0.15, 0.2) is 48.7 Å². The van der Waals surface area contributed by atoms with Gasteiger partial charge in [-0.1, -0.05) is 13.0 Å². The Bertz CT molecular complexity index is 883. The Morgan fingerprint density at radius 1 is 1.13 bits per heavy atom. The summed E-state index contributed by atoms with van der Waals surface area (Å²) in [6.45, 7) is 1.84. The van der Waals surface area contributed by atoms with E-state index in [1.807, 2.05) is 25.1 Å². The van der Waals surface area contributed by atoms with Crippen molar-refractivity contribution < 1.29 is 15.0 Å². The first-order valence-electron chi connectivity index (χ1n) is 7.37. The number of hydrogen-bond acceptors (Lipinski definition) is 4. The Labute approximate surface area is 133 Å². The predicted octanol–water partition coefficient (Wildman–Crippen LogP) is 3.15. The van der Waals surface area contributed by atoms with Gasteiger partial charge in [-0.15, -0.1) is 0 Å². The van der Waals surface area contributed by atoms with Gasteiger partial charge in [-0.05, 0) is 48.4 Å². The van der Waals surface area contributed by atoms with Gasteiger partial charge < -0.3 is 15.9 Å². The van der Waals surface area contributed by atoms with Gasteiger partial charge in [-0.3, -0.25) is 9.36 Å². The minimum absolute atomic E-state index is 0.0302. The molecule has 23 heavy (non-hydrogen) atoms. The summed E-state index contributed by atoms with van der Waals surface area (Å²) in [5, 5.41) is 19.8. The summed E-state index contributed by atoms with van der Waals surface area (Å²) in [4.78, 5) is 12.7. The average molecular weight is 310 g/mol. The van der Waals surface area contributed by atoms with Crippen LogP contribution >= 0.6 is 0 Å². The molecule has 0 amide bonds. The van der Waals surface area contributed by atoms with Gasteiger partial charge in [-0.2, -0.15) is 0 Å². The van der Waals surface area contributed by atoms with Crippen LogP contribution in [0.5, 0.6) is 11.5 Å². The third kappa shape index (κ3) is 2.85. The van der Waals surface area contributed by atoms with Crippen molar-refractivity contribution in [1.82, 2.24) is 4.57 Å². The Kier molecular flexibility index (Phi) is 3.70. The topological polar surface area (TPSA) is 88.5 Å². The molecule has 0 radical (unpaired) electrons. The van der Waals surface area contributed by atoms with Crippen molar-refractivity contribution in [2.24, 2.45) is 5.92 Å². The van der Waals surface area contributed by atoms with Crippen LogP contribution in [0.25, 0.3) is 10.9 Å². The van der Waals surface area contributed by atoms with E-state index in [0.717, 1.165) is 16.5 Å². The molecule has 3 rings (SSSR count). The summed E-state index contributed by atoms with van der Waals surface area (Å²) in [6.07, 6.45) is 2.22. The number of carbonyl (C=O) groups is 1. The van der Waals surface area contributed by atoms with Crippen molar-refractivity contribution in [3.63, 3.8) is 0 Å². The lowest BCUT2D eigenvalue weighted by molar-refractivity contribution is 0.0850. The lowest BCUT2D eigenvalue weighted by Gasteiger charge is -2.13. The van der Waals surface area contributed by atoms with Crippen LogP contribution in [0.3, 0.4) is 0 Å². The van der Waals surface area contributed by atoms with Gasteiger partial charge >= 0.3 is 0 Å². The number of fused-ring (bicyclic) bond motifs is 1. The molecule has 118 valence electrons. The molecule has 4 N–H and O–H groups in total. The van der Waals surface area contributed by atoms with Crippen LogP contribution in [0.1, 0.15) is 17.3 Å². The number of aromatic hydroxyl groups is 2. The van der Waals surface area contributed by atoms with Crippen molar-refractivity contribution in [2.75, 3.05) is 5.73 Å². The van der Waals surface area contributed by atoms with Crippen LogP contribution < -0.4 is 5.73 Å². The van der Waals surface area contributed by atoms with Gasteiger partial charge in [0.05, 0.1) is 5.52 Å². The zero-order valence-electron chi connectivity index (χ0n) is 12.7. The number of carbonyl (C=O) groups excluding carboxylic acids is 1. The number of phenolic OH excluding ortho intramolecular Hbond substituents is 2. The molecule has 0 saturated carbocycles. The molecule has 1 aromatic heterocycles. The normalized spacial score (nSPS) is 12.4. The van der Waals surface area contributed by atoms with Crippen LogP contribution in [0, 0.1) is 5.92 Å². The number of nitrogen functional groups attached to an aromatic ring is 1. The number of benzene rings is 2. The summed E-state index contributed by atoms with van der Waals surface area (Å²) in [5.74, 6) is -0.643. The second kappa shape index (κ2) is 5.68. The maximum atomic E-state index is 12.7. The molecule has 1 heterocycles. The third-order valence-corrected chi connectivity index (χ3v) is 3.96. The van der Waals surface area contributed by atoms with Crippen molar-refractivity contribution >= 4 is 22.5 Å². The highest BCUT2D eigenvalue weighted by Gasteiger charge is 2.18. The molecule has 5 nitrogen and oxygen atoms in total. The van der Waals surface area contributed by atoms with Crippen LogP contribution in [0.2, 0.25) is 0 Å². The fraction of sp³-hybridized carbons (Fsp3) is 0.167. The number of hydrogen-bond donors (Lipinski definition) is 3. The van der Waals surface area contributed by atoms with E-state index in [4.69, 9.17) is 5.73 Å². The summed E-state index contributed by atoms with van der Waals surface area (Å²) in [7, 11) is 0. The SMILES string of the molecule is CC(Cc1ccc(O)c(O)c1)C(=O)n1ccc2cc(N)ccc21. The fourth-order valence-electron chi connectivity index (χ4n) is 2.73. The van der Waals surface area contributed by atoms with Gasteiger partial charge in [0.15, 0.2) is 11.5 Å². The first-order chi connectivity index (χ1) is 11.0. The van der Waals surface area contributed by atoms with E-state index >= 15 is 0 Å². The van der Waals surface area contributed by atoms with Crippen LogP contribution in [-0.4, -0.2) is 20.7 Å². The predicted molar refractivity (Wildman–Crippen MR) is 89.6 cm³/mol. The zero-order chi connectivity index (χ0) is 16.6. The zero-order valence-corrected chi connectivity index (χ0v) is 12.7. The second-order valence-corrected chi connectivity index (χ2v) is 5.77. The fourth-order valence-corrected chi connectivity index (χ4v) is 2.73. The first-order valence-corrected chi connectivity index (χ1v) is 7.37. The maximum absolute atomic E-state index is 12.7. The van der Waals surface area contributed by atoms with E-state index in [2.05, 4.69) is 0 Å². The second-order valence-electron chi connectivity index (χ2n) is 5.77. The van der Waals surface area contributed by atoms with E-state index in [1.54, 1.807) is 22.9 Å². The maximum Gasteiger partial charge on any atom is 0.234 e. The van der Waals surface area contributed by atoms with E-state index in [9.17, 15) is 15.0 Å². The minimum Gasteiger partial charge on any atom is -0.504 e. The molecule has 1 unspecified atom stereocenters. The number of nitrogens with zero attached hydrogens (tertiary/aromatic N) is 1. The molecule has 2 aromatic carbocycles. The standard InChI is InChI=1S/C18H18N2O3/c1-11(8-12-2-5-16(21)17(22)9-12)18(23)20-7-6-13-10-14(19)3-4-15(13)20/h2-7,9-11,21-22H,8,19H2,1H3. The average Bonchev–Trinajstić information content (AvgIpc) is 2.93. The monoisotopic (exact) mass is 310 g/mol. The number of anilines is 1. The van der Waals surface area contributed by atoms with Gasteiger partial charge in [0.2, 0.25) is 5.91 Å². The van der Waals surface area contributed by atoms with Gasteiger partial charge in [0.25, 0.3) is 0 Å². The molecule has 1 atom stereocenters. The summed E-state index contributed by atoms with van der Waals surface area (Å²) in [5.41, 5.74) is 8.04. The molecule has 3 aromatic rings. The Morgan fingerprint density at radius 3 is 2.65 bits per heavy atom. The largest absolute Gasteiger partial charge is 0.504 e. The number of phenols is 2. The molecule has 0 aliphatic carbocycles. The molecular weight excluding hydrogens is 292 g/mol. The Hall–Kier alpha value is -2.95. The highest BCUT2D eigenvalue weighted by atomic mass is 16.3. The van der Waals surface area contributed by atoms with E-state index < -0.39 is 0 Å². The molecule has 0 saturated heterocycles. The highest BCUT2D eigenvalue weighted by molar-refractivity contribution is 5.94. The molecule has 0 spiro atoms. The smallest absolute Gasteiger partial charge is 0.234 e. The summed E-state index contributed by atoms with van der Waals surface area (Å²) < 4.78 is 1.62. The highest BCUT2D eigenvalue weighted by Crippen LogP contribution is 2.27. The quantitative estimate of drug-likeness (QED) is 0.512. The molecule has 0 aliphatic rings. The number of nitrogens with two attached hydrogens (primary N) is 1. The van der Waals surface area contributed by atoms with Gasteiger partial charge in [-0.25, -0.2) is 0 Å². The first kappa shape index (κ1) is 15.0. The third-order valence-electron chi connectivity index (χ3n) is 3.96. The Balaban J connectivity index is 1.84. The van der Waals surface area contributed by atoms with Crippen molar-refractivity contribution in [1.29, 1.82) is 0 Å². The minimum atomic E-state index is -0.271. The van der Waals surface area contributed by atoms with Crippen molar-refractivity contribution in [2.45, 2.75) is 13.3 Å². The molecular formula is C18H18N2O3. The molecule has 0 bridgehead atoms. The number of rotatable bonds is 3. The van der Waals surface area contributed by atoms with Gasteiger partial charge in [0, 0.05) is 23.2 Å². The summed E-state index contributed by atoms with van der Waals surface area (Å²) >= 11 is 0. The Morgan fingerprint density at radius 2 is 1.91 bits per heavy atom. The van der Waals surface area contributed by atoms with Crippen molar-refractivity contribution in [3.8, 4) is 11.5 Å². The van der Waals surface area contributed by atoms with Gasteiger partial charge in [0.1, 0.15) is 0 Å². The lowest BCUT2D eigenvalue weighted by Crippen LogP contribution is -2.20. The summed E-state index contributed by atoms with van der Waals surface area (Å²) in [6, 6.07) is 11.9. The molecule has 0 aliphatic heterocycles. The lowest BCUT2D eigenvalue weighted by atomic mass is 10.00. The van der Waals surface area contributed by atoms with E-state index in [0.29, 0.717) is 12.1 Å². The molecule has 5 heteroatoms. The van der Waals surface area contributed by atoms with Crippen molar-refractivity contribution in [3.05, 3.63) is 54.2 Å². The van der Waals surface area contributed by atoms with E-state index in [-0.39, 0.29) is 23.3 Å². The van der Waals surface area contributed by atoms with Crippen LogP contribution in [0.4, 0.5) is 5.69 Å².